The predicted molar refractivity (Wildman–Crippen MR) is 100 cm³/mol. The minimum Gasteiger partial charge on any atom is -0.497 e. The van der Waals surface area contributed by atoms with E-state index in [0.717, 1.165) is 17.7 Å². The summed E-state index contributed by atoms with van der Waals surface area (Å²) in [6, 6.07) is 9.46. The number of hydrogen-bond acceptors (Lipinski definition) is 4. The van der Waals surface area contributed by atoms with Crippen LogP contribution in [0.2, 0.25) is 0 Å². The molecule has 1 aliphatic rings. The Morgan fingerprint density at radius 1 is 1.21 bits per heavy atom. The number of alkyl halides is 3. The van der Waals surface area contributed by atoms with Gasteiger partial charge >= 0.3 is 6.18 Å². The summed E-state index contributed by atoms with van der Waals surface area (Å²) < 4.78 is 54.8. The van der Waals surface area contributed by atoms with Crippen LogP contribution in [0, 0.1) is 0 Å². The van der Waals surface area contributed by atoms with Gasteiger partial charge in [0.25, 0.3) is 5.91 Å². The smallest absolute Gasteiger partial charge is 0.416 e. The van der Waals surface area contributed by atoms with Crippen LogP contribution < -0.4 is 19.5 Å². The number of benzene rings is 2. The van der Waals surface area contributed by atoms with Crippen molar-refractivity contribution in [3.63, 3.8) is 0 Å². The number of hydrogen-bond donors (Lipinski definition) is 1. The number of halogens is 3. The number of fused-ring (bicyclic) bond motifs is 1. The second-order valence-corrected chi connectivity index (χ2v) is 7.40. The lowest BCUT2D eigenvalue weighted by molar-refractivity contribution is -0.137. The molecule has 0 saturated heterocycles. The third-order valence-corrected chi connectivity index (χ3v) is 4.54. The van der Waals surface area contributed by atoms with Crippen LogP contribution in [0.25, 0.3) is 0 Å². The van der Waals surface area contributed by atoms with Crippen LogP contribution in [-0.4, -0.2) is 25.2 Å². The van der Waals surface area contributed by atoms with Crippen molar-refractivity contribution in [2.24, 2.45) is 0 Å². The van der Waals surface area contributed by atoms with E-state index in [-0.39, 0.29) is 11.8 Å². The molecule has 3 rings (SSSR count). The summed E-state index contributed by atoms with van der Waals surface area (Å²) >= 11 is 0. The Morgan fingerprint density at radius 3 is 2.66 bits per heavy atom. The normalized spacial score (nSPS) is 17.7. The van der Waals surface area contributed by atoms with Crippen LogP contribution in [0.1, 0.15) is 37.4 Å². The van der Waals surface area contributed by atoms with Crippen molar-refractivity contribution in [1.82, 2.24) is 5.32 Å². The minimum absolute atomic E-state index is 0.0209. The lowest BCUT2D eigenvalue weighted by atomic mass is 9.89. The van der Waals surface area contributed by atoms with E-state index in [4.69, 9.17) is 14.2 Å². The Kier molecular flexibility index (Phi) is 5.64. The van der Waals surface area contributed by atoms with Gasteiger partial charge in [0.15, 0.2) is 6.61 Å². The van der Waals surface area contributed by atoms with Gasteiger partial charge in [0, 0.05) is 18.1 Å². The molecule has 0 aromatic heterocycles. The molecule has 0 bridgehead atoms. The van der Waals surface area contributed by atoms with Crippen molar-refractivity contribution in [1.29, 1.82) is 0 Å². The molecule has 0 fully saturated rings. The van der Waals surface area contributed by atoms with Gasteiger partial charge in [-0.2, -0.15) is 13.2 Å². The molecule has 156 valence electrons. The molecule has 0 unspecified atom stereocenters. The maximum atomic E-state index is 12.8. The van der Waals surface area contributed by atoms with Crippen molar-refractivity contribution in [2.75, 3.05) is 13.7 Å². The van der Waals surface area contributed by atoms with Gasteiger partial charge in [0.2, 0.25) is 0 Å². The maximum absolute atomic E-state index is 12.8. The molecule has 8 heteroatoms. The van der Waals surface area contributed by atoms with E-state index in [2.05, 4.69) is 5.32 Å². The van der Waals surface area contributed by atoms with E-state index in [9.17, 15) is 18.0 Å². The molecular weight excluding hydrogens is 387 g/mol. The lowest BCUT2D eigenvalue weighted by Gasteiger charge is -2.38. The van der Waals surface area contributed by atoms with Crippen LogP contribution >= 0.6 is 0 Å². The average Bonchev–Trinajstić information content (AvgIpc) is 2.64. The van der Waals surface area contributed by atoms with Gasteiger partial charge in [-0.25, -0.2) is 0 Å². The second-order valence-electron chi connectivity index (χ2n) is 7.40. The van der Waals surface area contributed by atoms with E-state index in [1.54, 1.807) is 19.2 Å². The first-order valence-corrected chi connectivity index (χ1v) is 9.04. The van der Waals surface area contributed by atoms with Crippen molar-refractivity contribution >= 4 is 5.91 Å². The number of amides is 1. The highest BCUT2D eigenvalue weighted by Gasteiger charge is 2.35. The molecule has 2 aromatic rings. The Hall–Kier alpha value is -2.90. The number of methoxy groups -OCH3 is 1. The molecule has 5 nitrogen and oxygen atoms in total. The highest BCUT2D eigenvalue weighted by molar-refractivity contribution is 5.78. The Morgan fingerprint density at radius 2 is 1.97 bits per heavy atom. The van der Waals surface area contributed by atoms with Crippen LogP contribution in [-0.2, 0) is 11.0 Å². The van der Waals surface area contributed by atoms with E-state index < -0.39 is 29.9 Å². The van der Waals surface area contributed by atoms with Crippen molar-refractivity contribution in [3.05, 3.63) is 53.6 Å². The number of ether oxygens (including phenoxy) is 3. The zero-order valence-corrected chi connectivity index (χ0v) is 16.3. The zero-order chi connectivity index (χ0) is 21.2. The molecular formula is C21H22F3NO4. The first kappa shape index (κ1) is 20.8. The Bertz CT molecular complexity index is 896. The quantitative estimate of drug-likeness (QED) is 0.790. The molecule has 2 aromatic carbocycles. The largest absolute Gasteiger partial charge is 0.497 e. The highest BCUT2D eigenvalue weighted by Crippen LogP contribution is 2.41. The molecule has 29 heavy (non-hydrogen) atoms. The van der Waals surface area contributed by atoms with Gasteiger partial charge in [0.1, 0.15) is 22.8 Å². The van der Waals surface area contributed by atoms with Gasteiger partial charge in [0.05, 0.1) is 18.7 Å². The number of carbonyl (C=O) groups excluding carboxylic acids is 1. The molecule has 1 aliphatic heterocycles. The van der Waals surface area contributed by atoms with Crippen LogP contribution in [0.15, 0.2) is 42.5 Å². The third-order valence-electron chi connectivity index (χ3n) is 4.54. The molecule has 0 spiro atoms. The molecule has 1 N–H and O–H groups in total. The van der Waals surface area contributed by atoms with E-state index in [1.807, 2.05) is 19.9 Å². The van der Waals surface area contributed by atoms with Crippen LogP contribution in [0.3, 0.4) is 0 Å². The maximum Gasteiger partial charge on any atom is 0.416 e. The predicted octanol–water partition coefficient (Wildman–Crippen LogP) is 4.51. The summed E-state index contributed by atoms with van der Waals surface area (Å²) in [5, 5.41) is 2.88. The highest BCUT2D eigenvalue weighted by atomic mass is 19.4. The Labute approximate surface area is 166 Å². The third kappa shape index (κ3) is 5.13. The molecule has 0 saturated carbocycles. The SMILES string of the molecule is COc1ccc2c(c1)OC(C)(C)C[C@H]2NC(=O)COc1cccc(C(F)(F)F)c1. The van der Waals surface area contributed by atoms with Gasteiger partial charge in [-0.15, -0.1) is 0 Å². The Balaban J connectivity index is 1.68. The van der Waals surface area contributed by atoms with Crippen molar-refractivity contribution in [2.45, 2.75) is 38.1 Å². The zero-order valence-electron chi connectivity index (χ0n) is 16.3. The number of carbonyl (C=O) groups is 1. The molecule has 0 aliphatic carbocycles. The van der Waals surface area contributed by atoms with Gasteiger partial charge in [-0.1, -0.05) is 6.07 Å². The fourth-order valence-electron chi connectivity index (χ4n) is 3.23. The van der Waals surface area contributed by atoms with E-state index in [1.165, 1.54) is 12.1 Å². The first-order valence-electron chi connectivity index (χ1n) is 9.04. The minimum atomic E-state index is -4.47. The van der Waals surface area contributed by atoms with Gasteiger partial charge in [-0.3, -0.25) is 4.79 Å². The fraction of sp³-hybridized carbons (Fsp3) is 0.381. The number of rotatable bonds is 5. The summed E-state index contributed by atoms with van der Waals surface area (Å²) in [6.07, 6.45) is -3.94. The van der Waals surface area contributed by atoms with Crippen molar-refractivity contribution < 1.29 is 32.2 Å². The first-order chi connectivity index (χ1) is 13.6. The number of nitrogens with one attached hydrogen (secondary N) is 1. The molecule has 0 radical (unpaired) electrons. The van der Waals surface area contributed by atoms with Crippen LogP contribution in [0.4, 0.5) is 13.2 Å². The van der Waals surface area contributed by atoms with Crippen LogP contribution in [0.5, 0.6) is 17.2 Å². The summed E-state index contributed by atoms with van der Waals surface area (Å²) in [5.41, 5.74) is -0.541. The van der Waals surface area contributed by atoms with E-state index >= 15 is 0 Å². The second kappa shape index (κ2) is 7.85. The monoisotopic (exact) mass is 409 g/mol. The van der Waals surface area contributed by atoms with Gasteiger partial charge < -0.3 is 19.5 Å². The summed E-state index contributed by atoms with van der Waals surface area (Å²) in [7, 11) is 1.56. The lowest BCUT2D eigenvalue weighted by Crippen LogP contribution is -2.42. The molecule has 1 amide bonds. The van der Waals surface area contributed by atoms with E-state index in [0.29, 0.717) is 17.9 Å². The van der Waals surface area contributed by atoms with Crippen molar-refractivity contribution in [3.8, 4) is 17.2 Å². The topological polar surface area (TPSA) is 56.8 Å². The summed E-state index contributed by atoms with van der Waals surface area (Å²) in [4.78, 5) is 12.4. The molecule has 1 atom stereocenters. The van der Waals surface area contributed by atoms with Gasteiger partial charge in [-0.05, 0) is 44.2 Å². The standard InChI is InChI=1S/C21H22F3NO4/c1-20(2)11-17(16-8-7-14(27-3)10-18(16)29-20)25-19(26)12-28-15-6-4-5-13(9-15)21(22,23)24/h4-10,17H,11-12H2,1-3H3,(H,25,26)/t17-/m1/s1. The summed E-state index contributed by atoms with van der Waals surface area (Å²) in [6.45, 7) is 3.42. The molecule has 1 heterocycles. The summed E-state index contributed by atoms with van der Waals surface area (Å²) in [5.74, 6) is 0.795. The average molecular weight is 409 g/mol. The fourth-order valence-corrected chi connectivity index (χ4v) is 3.23.